The summed E-state index contributed by atoms with van der Waals surface area (Å²) in [5.74, 6) is 1.20. The Kier molecular flexibility index (Phi) is 7.93. The number of carbonyl (C=O) groups is 2. The Morgan fingerprint density at radius 1 is 0.964 bits per heavy atom. The Balaban J connectivity index is 1.31. The molecule has 0 radical (unpaired) electrons. The van der Waals surface area contributed by atoms with Gasteiger partial charge in [0.1, 0.15) is 0 Å². The lowest BCUT2D eigenvalue weighted by molar-refractivity contribution is -0.132. The number of nitrogens with zero attached hydrogens (tertiary/aromatic N) is 1. The number of rotatable bonds is 7. The molecule has 1 N–H and O–H groups in total. The van der Waals surface area contributed by atoms with Crippen LogP contribution in [0.3, 0.4) is 0 Å². The van der Waals surface area contributed by atoms with E-state index in [0.29, 0.717) is 12.8 Å². The number of aryl methyl sites for hydroxylation is 2. The lowest BCUT2D eigenvalue weighted by Crippen LogP contribution is -2.46. The SMILES string of the molecule is Cc1ccc(CCC(=O)N2CCC(NC(=O)CCC3CCCCC3)CC2)cc1. The molecule has 154 valence electrons. The van der Waals surface area contributed by atoms with E-state index in [9.17, 15) is 9.59 Å². The molecule has 1 heterocycles. The van der Waals surface area contributed by atoms with Gasteiger partial charge in [0.2, 0.25) is 11.8 Å². The molecular weight excluding hydrogens is 348 g/mol. The van der Waals surface area contributed by atoms with Crippen LogP contribution in [0.5, 0.6) is 0 Å². The highest BCUT2D eigenvalue weighted by Gasteiger charge is 2.24. The van der Waals surface area contributed by atoms with Crippen molar-refractivity contribution in [2.75, 3.05) is 13.1 Å². The first-order chi connectivity index (χ1) is 13.6. The van der Waals surface area contributed by atoms with E-state index in [1.165, 1.54) is 43.2 Å². The first-order valence-corrected chi connectivity index (χ1v) is 11.2. The predicted octanol–water partition coefficient (Wildman–Crippen LogP) is 4.40. The maximum atomic E-state index is 12.5. The predicted molar refractivity (Wildman–Crippen MR) is 113 cm³/mol. The van der Waals surface area contributed by atoms with E-state index in [2.05, 4.69) is 36.5 Å². The van der Waals surface area contributed by atoms with Crippen LogP contribution in [0.1, 0.15) is 75.3 Å². The second-order valence-corrected chi connectivity index (χ2v) is 8.75. The van der Waals surface area contributed by atoms with Gasteiger partial charge in [-0.2, -0.15) is 0 Å². The normalized spacial score (nSPS) is 18.8. The number of benzene rings is 1. The minimum atomic E-state index is 0.203. The second-order valence-electron chi connectivity index (χ2n) is 8.75. The minimum Gasteiger partial charge on any atom is -0.353 e. The molecule has 0 spiro atoms. The lowest BCUT2D eigenvalue weighted by atomic mass is 9.86. The molecule has 2 amide bonds. The van der Waals surface area contributed by atoms with Gasteiger partial charge in [0, 0.05) is 32.0 Å². The van der Waals surface area contributed by atoms with Crippen molar-refractivity contribution in [3.05, 3.63) is 35.4 Å². The zero-order valence-corrected chi connectivity index (χ0v) is 17.4. The van der Waals surface area contributed by atoms with Gasteiger partial charge in [-0.05, 0) is 44.1 Å². The van der Waals surface area contributed by atoms with Crippen LogP contribution in [0.2, 0.25) is 0 Å². The molecule has 3 rings (SSSR count). The Hall–Kier alpha value is -1.84. The average Bonchev–Trinajstić information content (AvgIpc) is 2.73. The summed E-state index contributed by atoms with van der Waals surface area (Å²) >= 11 is 0. The van der Waals surface area contributed by atoms with Crippen molar-refractivity contribution < 1.29 is 9.59 Å². The molecule has 2 fully saturated rings. The summed E-state index contributed by atoms with van der Waals surface area (Å²) in [6.45, 7) is 3.61. The summed E-state index contributed by atoms with van der Waals surface area (Å²) in [5.41, 5.74) is 2.47. The number of carbonyl (C=O) groups excluding carboxylic acids is 2. The molecule has 1 aromatic rings. The number of nitrogens with one attached hydrogen (secondary N) is 1. The number of piperidine rings is 1. The van der Waals surface area contributed by atoms with Crippen LogP contribution < -0.4 is 5.32 Å². The zero-order valence-electron chi connectivity index (χ0n) is 17.4. The molecular formula is C24H36N2O2. The fourth-order valence-corrected chi connectivity index (χ4v) is 4.55. The topological polar surface area (TPSA) is 49.4 Å². The molecule has 0 unspecified atom stereocenters. The summed E-state index contributed by atoms with van der Waals surface area (Å²) in [6.07, 6.45) is 11.5. The Labute approximate surface area is 170 Å². The summed E-state index contributed by atoms with van der Waals surface area (Å²) in [6, 6.07) is 8.65. The van der Waals surface area contributed by atoms with Crippen LogP contribution in [0.15, 0.2) is 24.3 Å². The quantitative estimate of drug-likeness (QED) is 0.758. The van der Waals surface area contributed by atoms with Gasteiger partial charge in [0.05, 0.1) is 0 Å². The van der Waals surface area contributed by atoms with Crippen LogP contribution in [0, 0.1) is 12.8 Å². The molecule has 4 nitrogen and oxygen atoms in total. The lowest BCUT2D eigenvalue weighted by Gasteiger charge is -2.32. The molecule has 1 aliphatic heterocycles. The zero-order chi connectivity index (χ0) is 19.8. The van der Waals surface area contributed by atoms with Gasteiger partial charge in [0.25, 0.3) is 0 Å². The van der Waals surface area contributed by atoms with Gasteiger partial charge >= 0.3 is 0 Å². The van der Waals surface area contributed by atoms with E-state index in [1.54, 1.807) is 0 Å². The van der Waals surface area contributed by atoms with Crippen LogP contribution >= 0.6 is 0 Å². The van der Waals surface area contributed by atoms with Crippen molar-refractivity contribution in [3.8, 4) is 0 Å². The van der Waals surface area contributed by atoms with Crippen molar-refractivity contribution in [1.82, 2.24) is 10.2 Å². The van der Waals surface area contributed by atoms with E-state index in [4.69, 9.17) is 0 Å². The third kappa shape index (κ3) is 6.65. The van der Waals surface area contributed by atoms with Crippen molar-refractivity contribution >= 4 is 11.8 Å². The van der Waals surface area contributed by atoms with Gasteiger partial charge in [-0.25, -0.2) is 0 Å². The van der Waals surface area contributed by atoms with Gasteiger partial charge < -0.3 is 10.2 Å². The maximum absolute atomic E-state index is 12.5. The van der Waals surface area contributed by atoms with E-state index >= 15 is 0 Å². The van der Waals surface area contributed by atoms with Crippen molar-refractivity contribution in [1.29, 1.82) is 0 Å². The van der Waals surface area contributed by atoms with E-state index in [0.717, 1.165) is 44.7 Å². The van der Waals surface area contributed by atoms with Crippen LogP contribution in [0.4, 0.5) is 0 Å². The van der Waals surface area contributed by atoms with Crippen molar-refractivity contribution in [3.63, 3.8) is 0 Å². The minimum absolute atomic E-state index is 0.203. The second kappa shape index (κ2) is 10.6. The molecule has 1 saturated carbocycles. The summed E-state index contributed by atoms with van der Waals surface area (Å²) < 4.78 is 0. The molecule has 2 aliphatic rings. The first kappa shape index (κ1) is 20.9. The number of hydrogen-bond acceptors (Lipinski definition) is 2. The van der Waals surface area contributed by atoms with Gasteiger partial charge in [-0.3, -0.25) is 9.59 Å². The molecule has 28 heavy (non-hydrogen) atoms. The molecule has 1 saturated heterocycles. The fourth-order valence-electron chi connectivity index (χ4n) is 4.55. The maximum Gasteiger partial charge on any atom is 0.222 e. The Morgan fingerprint density at radius 3 is 2.32 bits per heavy atom. The van der Waals surface area contributed by atoms with Gasteiger partial charge in [-0.1, -0.05) is 61.9 Å². The van der Waals surface area contributed by atoms with Gasteiger partial charge in [-0.15, -0.1) is 0 Å². The third-order valence-electron chi connectivity index (χ3n) is 6.47. The fraction of sp³-hybridized carbons (Fsp3) is 0.667. The summed E-state index contributed by atoms with van der Waals surface area (Å²) in [7, 11) is 0. The third-order valence-corrected chi connectivity index (χ3v) is 6.47. The standard InChI is InChI=1S/C24H36N2O2/c1-19-7-9-21(10-8-19)12-14-24(28)26-17-15-22(16-18-26)25-23(27)13-11-20-5-3-2-4-6-20/h7-10,20,22H,2-6,11-18H2,1H3,(H,25,27). The van der Waals surface area contributed by atoms with E-state index in [-0.39, 0.29) is 17.9 Å². The number of amides is 2. The first-order valence-electron chi connectivity index (χ1n) is 11.2. The summed E-state index contributed by atoms with van der Waals surface area (Å²) in [5, 5.41) is 3.20. The number of likely N-dealkylation sites (tertiary alicyclic amines) is 1. The van der Waals surface area contributed by atoms with Crippen LogP contribution in [-0.2, 0) is 16.0 Å². The van der Waals surface area contributed by atoms with Crippen LogP contribution in [0.25, 0.3) is 0 Å². The molecule has 0 atom stereocenters. The van der Waals surface area contributed by atoms with E-state index < -0.39 is 0 Å². The summed E-state index contributed by atoms with van der Waals surface area (Å²) in [4.78, 5) is 26.7. The van der Waals surface area contributed by atoms with Crippen molar-refractivity contribution in [2.24, 2.45) is 5.92 Å². The van der Waals surface area contributed by atoms with Gasteiger partial charge in [0.15, 0.2) is 0 Å². The highest BCUT2D eigenvalue weighted by molar-refractivity contribution is 5.77. The molecule has 0 bridgehead atoms. The molecule has 1 aliphatic carbocycles. The molecule has 4 heteroatoms. The van der Waals surface area contributed by atoms with E-state index in [1.807, 2.05) is 4.90 Å². The highest BCUT2D eigenvalue weighted by Crippen LogP contribution is 2.27. The average molecular weight is 385 g/mol. The smallest absolute Gasteiger partial charge is 0.222 e. The number of hydrogen-bond donors (Lipinski definition) is 1. The molecule has 1 aromatic carbocycles. The largest absolute Gasteiger partial charge is 0.353 e. The Morgan fingerprint density at radius 2 is 1.64 bits per heavy atom. The monoisotopic (exact) mass is 384 g/mol. The Bertz CT molecular complexity index is 627. The van der Waals surface area contributed by atoms with Crippen LogP contribution in [-0.4, -0.2) is 35.8 Å². The molecule has 0 aromatic heterocycles. The van der Waals surface area contributed by atoms with Crippen molar-refractivity contribution in [2.45, 2.75) is 83.6 Å². The highest BCUT2D eigenvalue weighted by atomic mass is 16.2.